The summed E-state index contributed by atoms with van der Waals surface area (Å²) in [5.74, 6) is -0.843. The van der Waals surface area contributed by atoms with Crippen LogP contribution in [0.4, 0.5) is 10.5 Å². The van der Waals surface area contributed by atoms with E-state index in [0.717, 1.165) is 5.56 Å². The number of carbonyl (C=O) groups is 3. The zero-order chi connectivity index (χ0) is 20.9. The highest BCUT2D eigenvalue weighted by Crippen LogP contribution is 2.24. The maximum absolute atomic E-state index is 12.8. The second-order valence-corrected chi connectivity index (χ2v) is 7.96. The Bertz CT molecular complexity index is 767. The van der Waals surface area contributed by atoms with Crippen molar-refractivity contribution in [3.8, 4) is 0 Å². The van der Waals surface area contributed by atoms with Crippen molar-refractivity contribution in [2.45, 2.75) is 58.7 Å². The van der Waals surface area contributed by atoms with Crippen molar-refractivity contribution in [3.63, 3.8) is 0 Å². The van der Waals surface area contributed by atoms with Gasteiger partial charge >= 0.3 is 6.09 Å². The molecule has 1 aliphatic rings. The zero-order valence-corrected chi connectivity index (χ0v) is 17.0. The van der Waals surface area contributed by atoms with E-state index in [1.54, 1.807) is 45.9 Å². The van der Waals surface area contributed by atoms with E-state index in [1.165, 1.54) is 0 Å². The van der Waals surface area contributed by atoms with E-state index in [4.69, 9.17) is 4.74 Å². The first-order valence-corrected chi connectivity index (χ1v) is 9.43. The lowest BCUT2D eigenvalue weighted by Gasteiger charge is -2.25. The van der Waals surface area contributed by atoms with Gasteiger partial charge in [-0.25, -0.2) is 4.79 Å². The highest BCUT2D eigenvalue weighted by atomic mass is 16.6. The average Bonchev–Trinajstić information content (AvgIpc) is 2.58. The van der Waals surface area contributed by atoms with Crippen LogP contribution in [0.3, 0.4) is 0 Å². The van der Waals surface area contributed by atoms with Crippen LogP contribution in [-0.4, -0.2) is 29.6 Å². The molecule has 1 aromatic rings. The molecule has 3 N–H and O–H groups in total. The number of hydrogen-bond donors (Lipinski definition) is 3. The van der Waals surface area contributed by atoms with Gasteiger partial charge in [0.05, 0.1) is 12.0 Å². The molecule has 0 aromatic heterocycles. The molecule has 152 valence electrons. The molecule has 0 radical (unpaired) electrons. The molecule has 0 aliphatic carbocycles. The summed E-state index contributed by atoms with van der Waals surface area (Å²) in [5, 5.41) is 8.44. The Kier molecular flexibility index (Phi) is 6.83. The number of carbonyl (C=O) groups excluding carboxylic acids is 3. The van der Waals surface area contributed by atoms with E-state index in [9.17, 15) is 14.4 Å². The largest absolute Gasteiger partial charge is 0.444 e. The molecule has 1 heterocycles. The van der Waals surface area contributed by atoms with Crippen molar-refractivity contribution in [2.75, 3.05) is 5.32 Å². The number of benzene rings is 1. The molecule has 0 saturated heterocycles. The minimum Gasteiger partial charge on any atom is -0.444 e. The minimum atomic E-state index is -0.810. The summed E-state index contributed by atoms with van der Waals surface area (Å²) in [6.07, 6.45) is 3.04. The second kappa shape index (κ2) is 8.91. The first kappa shape index (κ1) is 21.5. The maximum Gasteiger partial charge on any atom is 0.408 e. The summed E-state index contributed by atoms with van der Waals surface area (Å²) in [5.41, 5.74) is 0.774. The van der Waals surface area contributed by atoms with E-state index >= 15 is 0 Å². The Morgan fingerprint density at radius 1 is 1.14 bits per heavy atom. The lowest BCUT2D eigenvalue weighted by molar-refractivity contribution is -0.123. The molecule has 7 heteroatoms. The lowest BCUT2D eigenvalue weighted by atomic mass is 10.0. The summed E-state index contributed by atoms with van der Waals surface area (Å²) in [6.45, 7) is 8.88. The standard InChI is InChI=1S/C21H29N3O4/c1-13-9-8-12-17(24-20(27)28-21(3,4)5)19(26)22-14(2)15-10-6-7-11-16(15)23-18(13)25/h6-11,13-14,17H,12H2,1-5H3,(H,22,26)(H,23,25)(H,24,27)/b9-8-/t13-,14?,17+/m1/s1. The van der Waals surface area contributed by atoms with Crippen LogP contribution in [0.15, 0.2) is 36.4 Å². The van der Waals surface area contributed by atoms with Gasteiger partial charge in [0.2, 0.25) is 11.8 Å². The molecule has 0 fully saturated rings. The summed E-state index contributed by atoms with van der Waals surface area (Å²) >= 11 is 0. The highest BCUT2D eigenvalue weighted by Gasteiger charge is 2.26. The third-order valence-electron chi connectivity index (χ3n) is 4.26. The number of hydrogen-bond acceptors (Lipinski definition) is 4. The molecule has 1 aromatic carbocycles. The van der Waals surface area contributed by atoms with Gasteiger partial charge in [0.1, 0.15) is 11.6 Å². The predicted molar refractivity (Wildman–Crippen MR) is 108 cm³/mol. The fourth-order valence-corrected chi connectivity index (χ4v) is 2.81. The molecule has 3 atom stereocenters. The van der Waals surface area contributed by atoms with Crippen molar-refractivity contribution in [1.29, 1.82) is 0 Å². The maximum atomic E-state index is 12.8. The molecule has 0 spiro atoms. The monoisotopic (exact) mass is 387 g/mol. The summed E-state index contributed by atoms with van der Waals surface area (Å²) in [4.78, 5) is 37.4. The van der Waals surface area contributed by atoms with Crippen molar-refractivity contribution < 1.29 is 19.1 Å². The fraction of sp³-hybridized carbons (Fsp3) is 0.476. The van der Waals surface area contributed by atoms with Crippen molar-refractivity contribution in [2.24, 2.45) is 5.92 Å². The smallest absolute Gasteiger partial charge is 0.408 e. The van der Waals surface area contributed by atoms with Gasteiger partial charge in [0.25, 0.3) is 0 Å². The predicted octanol–water partition coefficient (Wildman–Crippen LogP) is 3.29. The number of alkyl carbamates (subject to hydrolysis) is 1. The quantitative estimate of drug-likeness (QED) is 0.644. The van der Waals surface area contributed by atoms with Gasteiger partial charge in [-0.3, -0.25) is 9.59 Å². The van der Waals surface area contributed by atoms with E-state index in [2.05, 4.69) is 16.0 Å². The first-order valence-electron chi connectivity index (χ1n) is 9.43. The van der Waals surface area contributed by atoms with Crippen LogP contribution in [0.5, 0.6) is 0 Å². The van der Waals surface area contributed by atoms with Crippen LogP contribution in [0.25, 0.3) is 0 Å². The van der Waals surface area contributed by atoms with E-state index in [0.29, 0.717) is 5.69 Å². The molecule has 0 saturated carbocycles. The minimum absolute atomic E-state index is 0.139. The molecule has 3 amide bonds. The van der Waals surface area contributed by atoms with Gasteiger partial charge < -0.3 is 20.7 Å². The summed E-state index contributed by atoms with van der Waals surface area (Å²) < 4.78 is 5.26. The van der Waals surface area contributed by atoms with Crippen LogP contribution < -0.4 is 16.0 Å². The van der Waals surface area contributed by atoms with Gasteiger partial charge in [0.15, 0.2) is 0 Å². The molecule has 1 unspecified atom stereocenters. The summed E-state index contributed by atoms with van der Waals surface area (Å²) in [7, 11) is 0. The Morgan fingerprint density at radius 2 is 1.82 bits per heavy atom. The van der Waals surface area contributed by atoms with Crippen molar-refractivity contribution in [3.05, 3.63) is 42.0 Å². The van der Waals surface area contributed by atoms with Crippen LogP contribution in [0, 0.1) is 5.92 Å². The SMILES string of the molecule is CC1NC(=O)[C@@H](NC(=O)OC(C)(C)C)C/C=C\[C@@H](C)C(=O)Nc2ccccc21. The lowest BCUT2D eigenvalue weighted by Crippen LogP contribution is -2.48. The number of anilines is 1. The molecular weight excluding hydrogens is 358 g/mol. The number of fused-ring (bicyclic) bond motifs is 1. The topological polar surface area (TPSA) is 96.5 Å². The number of amides is 3. The Hall–Kier alpha value is -2.83. The first-order chi connectivity index (χ1) is 13.1. The Labute approximate surface area is 165 Å². The van der Waals surface area contributed by atoms with Crippen LogP contribution in [-0.2, 0) is 14.3 Å². The normalized spacial score (nSPS) is 24.5. The van der Waals surface area contributed by atoms with Gasteiger partial charge in [0, 0.05) is 5.69 Å². The molecule has 1 aliphatic heterocycles. The van der Waals surface area contributed by atoms with Crippen LogP contribution in [0.2, 0.25) is 0 Å². The van der Waals surface area contributed by atoms with E-state index in [-0.39, 0.29) is 30.2 Å². The third kappa shape index (κ3) is 6.11. The van der Waals surface area contributed by atoms with Crippen LogP contribution in [0.1, 0.15) is 52.6 Å². The zero-order valence-electron chi connectivity index (χ0n) is 17.0. The van der Waals surface area contributed by atoms with Gasteiger partial charge in [-0.1, -0.05) is 37.3 Å². The molecule has 0 bridgehead atoms. The third-order valence-corrected chi connectivity index (χ3v) is 4.26. The Balaban J connectivity index is 2.28. The van der Waals surface area contributed by atoms with Gasteiger partial charge in [-0.2, -0.15) is 0 Å². The highest BCUT2D eigenvalue weighted by molar-refractivity contribution is 5.94. The molecule has 28 heavy (non-hydrogen) atoms. The number of nitrogens with one attached hydrogen (secondary N) is 3. The molecule has 7 nitrogen and oxygen atoms in total. The number of rotatable bonds is 1. The number of ether oxygens (including phenoxy) is 1. The number of para-hydroxylation sites is 1. The Morgan fingerprint density at radius 3 is 2.50 bits per heavy atom. The van der Waals surface area contributed by atoms with Crippen molar-refractivity contribution >= 4 is 23.6 Å². The second-order valence-electron chi connectivity index (χ2n) is 7.96. The molecule has 2 rings (SSSR count). The summed E-state index contributed by atoms with van der Waals surface area (Å²) in [6, 6.07) is 6.16. The van der Waals surface area contributed by atoms with Gasteiger partial charge in [-0.05, 0) is 45.7 Å². The average molecular weight is 387 g/mol. The molecular formula is C21H29N3O4. The van der Waals surface area contributed by atoms with E-state index < -0.39 is 17.7 Å². The van der Waals surface area contributed by atoms with E-state index in [1.807, 2.05) is 25.1 Å². The van der Waals surface area contributed by atoms with Gasteiger partial charge in [-0.15, -0.1) is 0 Å². The van der Waals surface area contributed by atoms with Crippen LogP contribution >= 0.6 is 0 Å². The fourth-order valence-electron chi connectivity index (χ4n) is 2.81. The van der Waals surface area contributed by atoms with Crippen molar-refractivity contribution in [1.82, 2.24) is 10.6 Å².